The number of ether oxygens (including phenoxy) is 2. The maximum absolute atomic E-state index is 12.6. The quantitative estimate of drug-likeness (QED) is 0.0208. The van der Waals surface area contributed by atoms with E-state index in [1.807, 2.05) is 6.08 Å². The molecule has 0 bridgehead atoms. The SMILES string of the molecule is CCCCCCCC/C=C/CCCCCCCC(=O)O[C@H](CO/C=C/CCCCCCCCCCCCCCCCCC)COP(=O)(O)OCCN. The fraction of sp³-hybridized carbons (Fsp3) is 0.884. The summed E-state index contributed by atoms with van der Waals surface area (Å²) in [6, 6.07) is 0. The molecule has 0 rings (SSSR count). The van der Waals surface area contributed by atoms with Gasteiger partial charge in [-0.05, 0) is 51.0 Å². The highest BCUT2D eigenvalue weighted by molar-refractivity contribution is 7.47. The molecule has 0 fully saturated rings. The van der Waals surface area contributed by atoms with Gasteiger partial charge in [0.15, 0.2) is 6.10 Å². The first kappa shape index (κ1) is 50.8. The lowest BCUT2D eigenvalue weighted by atomic mass is 10.0. The molecule has 0 saturated carbocycles. The number of hydrogen-bond donors (Lipinski definition) is 2. The van der Waals surface area contributed by atoms with E-state index in [4.69, 9.17) is 24.3 Å². The normalized spacial score (nSPS) is 13.6. The Labute approximate surface area is 321 Å². The Balaban J connectivity index is 4.06. The van der Waals surface area contributed by atoms with Crippen LogP contribution in [0.2, 0.25) is 0 Å². The number of phosphoric ester groups is 1. The van der Waals surface area contributed by atoms with E-state index in [9.17, 15) is 14.3 Å². The molecular weight excluding hydrogens is 673 g/mol. The van der Waals surface area contributed by atoms with E-state index in [1.165, 1.54) is 148 Å². The van der Waals surface area contributed by atoms with Gasteiger partial charge in [0.1, 0.15) is 6.61 Å². The number of carbonyl (C=O) groups is 1. The van der Waals surface area contributed by atoms with Gasteiger partial charge in [-0.2, -0.15) is 0 Å². The van der Waals surface area contributed by atoms with Crippen molar-refractivity contribution in [1.82, 2.24) is 0 Å². The molecule has 52 heavy (non-hydrogen) atoms. The maximum Gasteiger partial charge on any atom is 0.472 e. The van der Waals surface area contributed by atoms with Crippen LogP contribution in [0, 0.1) is 0 Å². The van der Waals surface area contributed by atoms with Gasteiger partial charge in [-0.25, -0.2) is 4.57 Å². The Morgan fingerprint density at radius 3 is 1.42 bits per heavy atom. The summed E-state index contributed by atoms with van der Waals surface area (Å²) in [6.07, 6.45) is 45.7. The number of allylic oxidation sites excluding steroid dienone is 3. The summed E-state index contributed by atoms with van der Waals surface area (Å²) in [5.41, 5.74) is 5.36. The number of esters is 1. The number of rotatable bonds is 42. The van der Waals surface area contributed by atoms with Gasteiger partial charge in [0.25, 0.3) is 0 Å². The van der Waals surface area contributed by atoms with E-state index < -0.39 is 13.9 Å². The molecule has 2 atom stereocenters. The first-order chi connectivity index (χ1) is 25.4. The van der Waals surface area contributed by atoms with E-state index in [0.717, 1.165) is 44.9 Å². The van der Waals surface area contributed by atoms with Gasteiger partial charge in [0.05, 0.1) is 19.5 Å². The highest BCUT2D eigenvalue weighted by Crippen LogP contribution is 2.43. The summed E-state index contributed by atoms with van der Waals surface area (Å²) in [6.45, 7) is 4.25. The molecule has 0 aliphatic carbocycles. The lowest BCUT2D eigenvalue weighted by Gasteiger charge is -2.19. The van der Waals surface area contributed by atoms with Gasteiger partial charge in [-0.3, -0.25) is 13.8 Å². The van der Waals surface area contributed by atoms with Crippen molar-refractivity contribution in [3.63, 3.8) is 0 Å². The van der Waals surface area contributed by atoms with Crippen LogP contribution in [0.3, 0.4) is 0 Å². The molecule has 0 amide bonds. The minimum Gasteiger partial charge on any atom is -0.498 e. The topological polar surface area (TPSA) is 117 Å². The first-order valence-electron chi connectivity index (χ1n) is 21.9. The van der Waals surface area contributed by atoms with Crippen molar-refractivity contribution in [3.8, 4) is 0 Å². The van der Waals surface area contributed by atoms with Crippen LogP contribution in [0.25, 0.3) is 0 Å². The Morgan fingerprint density at radius 1 is 0.577 bits per heavy atom. The van der Waals surface area contributed by atoms with Crippen LogP contribution in [0.5, 0.6) is 0 Å². The van der Waals surface area contributed by atoms with Crippen LogP contribution < -0.4 is 5.73 Å². The number of hydrogen-bond acceptors (Lipinski definition) is 7. The average molecular weight is 758 g/mol. The molecule has 3 N–H and O–H groups in total. The van der Waals surface area contributed by atoms with Crippen LogP contribution in [0.1, 0.15) is 213 Å². The Morgan fingerprint density at radius 2 is 0.981 bits per heavy atom. The third kappa shape index (κ3) is 40.0. The molecule has 308 valence electrons. The van der Waals surface area contributed by atoms with Crippen LogP contribution in [0.4, 0.5) is 0 Å². The Kier molecular flexibility index (Phi) is 40.1. The summed E-state index contributed by atoms with van der Waals surface area (Å²) >= 11 is 0. The molecule has 0 heterocycles. The molecule has 0 radical (unpaired) electrons. The van der Waals surface area contributed by atoms with Crippen LogP contribution in [-0.4, -0.2) is 43.3 Å². The van der Waals surface area contributed by atoms with E-state index in [0.29, 0.717) is 6.42 Å². The molecule has 0 aromatic rings. The molecule has 1 unspecified atom stereocenters. The highest BCUT2D eigenvalue weighted by Gasteiger charge is 2.25. The summed E-state index contributed by atoms with van der Waals surface area (Å²) in [7, 11) is -4.29. The zero-order valence-corrected chi connectivity index (χ0v) is 35.0. The summed E-state index contributed by atoms with van der Waals surface area (Å²) in [5, 5.41) is 0. The van der Waals surface area contributed by atoms with Crippen molar-refractivity contribution in [1.29, 1.82) is 0 Å². The van der Waals surface area contributed by atoms with Gasteiger partial charge in [-0.1, -0.05) is 174 Å². The second-order valence-corrected chi connectivity index (χ2v) is 16.1. The monoisotopic (exact) mass is 758 g/mol. The Bertz CT molecular complexity index is 853. The minimum absolute atomic E-state index is 0.0322. The standard InChI is InChI=1S/C43H84NO7P/c1-3-5-7-9-11-13-15-17-19-20-21-23-25-27-29-31-33-35-38-48-40-42(41-50-52(46,47)49-39-37-44)51-43(45)36-34-32-30-28-26-24-22-18-16-14-12-10-8-6-4-2/h18,22,35,38,42H,3-17,19-21,23-34,36-37,39-41,44H2,1-2H3,(H,46,47)/b22-18+,38-35+/t42-/m1/s1. The van der Waals surface area contributed by atoms with Gasteiger partial charge in [-0.15, -0.1) is 0 Å². The zero-order chi connectivity index (χ0) is 38.1. The number of phosphoric acid groups is 1. The summed E-state index contributed by atoms with van der Waals surface area (Å²) in [5.74, 6) is -0.359. The smallest absolute Gasteiger partial charge is 0.472 e. The molecule has 0 aromatic heterocycles. The van der Waals surface area contributed by atoms with Gasteiger partial charge >= 0.3 is 13.8 Å². The molecule has 0 aromatic carbocycles. The van der Waals surface area contributed by atoms with Crippen molar-refractivity contribution in [2.45, 2.75) is 219 Å². The highest BCUT2D eigenvalue weighted by atomic mass is 31.2. The fourth-order valence-electron chi connectivity index (χ4n) is 6.19. The van der Waals surface area contributed by atoms with E-state index in [-0.39, 0.29) is 32.3 Å². The lowest BCUT2D eigenvalue weighted by molar-refractivity contribution is -0.153. The van der Waals surface area contributed by atoms with Crippen molar-refractivity contribution in [2.24, 2.45) is 5.73 Å². The largest absolute Gasteiger partial charge is 0.498 e. The Hall–Kier alpha value is -1.18. The third-order valence-electron chi connectivity index (χ3n) is 9.44. The van der Waals surface area contributed by atoms with Gasteiger partial charge in [0, 0.05) is 13.0 Å². The lowest BCUT2D eigenvalue weighted by Crippen LogP contribution is -2.27. The minimum atomic E-state index is -4.29. The first-order valence-corrected chi connectivity index (χ1v) is 23.4. The number of nitrogens with two attached hydrogens (primary N) is 1. The second-order valence-electron chi connectivity index (χ2n) is 14.6. The van der Waals surface area contributed by atoms with Crippen molar-refractivity contribution < 1.29 is 32.8 Å². The molecule has 0 aliphatic heterocycles. The van der Waals surface area contributed by atoms with Crippen molar-refractivity contribution in [2.75, 3.05) is 26.4 Å². The summed E-state index contributed by atoms with van der Waals surface area (Å²) < 4.78 is 33.2. The average Bonchev–Trinajstić information content (AvgIpc) is 3.13. The molecule has 8 nitrogen and oxygen atoms in total. The van der Waals surface area contributed by atoms with Crippen LogP contribution in [-0.2, 0) is 27.9 Å². The van der Waals surface area contributed by atoms with E-state index >= 15 is 0 Å². The van der Waals surface area contributed by atoms with E-state index in [2.05, 4.69) is 26.0 Å². The second kappa shape index (κ2) is 41.0. The van der Waals surface area contributed by atoms with Crippen molar-refractivity contribution in [3.05, 3.63) is 24.5 Å². The number of carbonyl (C=O) groups excluding carboxylic acids is 1. The number of unbranched alkanes of at least 4 members (excludes halogenated alkanes) is 27. The zero-order valence-electron chi connectivity index (χ0n) is 34.1. The van der Waals surface area contributed by atoms with Gasteiger partial charge < -0.3 is 20.1 Å². The predicted octanol–water partition coefficient (Wildman–Crippen LogP) is 13.2. The summed E-state index contributed by atoms with van der Waals surface area (Å²) in [4.78, 5) is 22.4. The van der Waals surface area contributed by atoms with E-state index in [1.54, 1.807) is 6.26 Å². The van der Waals surface area contributed by atoms with Gasteiger partial charge in [0.2, 0.25) is 0 Å². The molecule has 0 saturated heterocycles. The fourth-order valence-corrected chi connectivity index (χ4v) is 6.96. The molecule has 9 heteroatoms. The van der Waals surface area contributed by atoms with Crippen LogP contribution in [0.15, 0.2) is 24.5 Å². The maximum atomic E-state index is 12.6. The third-order valence-corrected chi connectivity index (χ3v) is 10.4. The molecule has 0 spiro atoms. The van der Waals surface area contributed by atoms with Crippen LogP contribution >= 0.6 is 7.82 Å². The molecule has 0 aliphatic rings. The predicted molar refractivity (Wildman–Crippen MR) is 219 cm³/mol. The van der Waals surface area contributed by atoms with Crippen molar-refractivity contribution >= 4 is 13.8 Å². The molecular formula is C43H84NO7P.